The molecule has 0 aliphatic carbocycles. The Balaban J connectivity index is 2.31. The summed E-state index contributed by atoms with van der Waals surface area (Å²) in [5.74, 6) is 0.804. The van der Waals surface area contributed by atoms with E-state index in [1.165, 1.54) is 0 Å². The second kappa shape index (κ2) is 5.71. The Morgan fingerprint density at radius 3 is 2.82 bits per heavy atom. The van der Waals surface area contributed by atoms with Crippen LogP contribution in [-0.4, -0.2) is 21.7 Å². The van der Waals surface area contributed by atoms with Crippen molar-refractivity contribution in [1.82, 2.24) is 9.97 Å². The Labute approximate surface area is 113 Å². The van der Waals surface area contributed by atoms with Gasteiger partial charge in [-0.3, -0.25) is 0 Å². The maximum Gasteiger partial charge on any atom is 0.129 e. The molecule has 3 nitrogen and oxygen atoms in total. The van der Waals surface area contributed by atoms with Crippen LogP contribution in [-0.2, 0) is 6.42 Å². The molecular weight excluding hydrogens is 300 g/mol. The van der Waals surface area contributed by atoms with Crippen molar-refractivity contribution in [2.75, 3.05) is 6.61 Å². The Bertz CT molecular complexity index is 513. The average Bonchev–Trinajstić information content (AvgIpc) is 2.72. The molecule has 5 heteroatoms. The van der Waals surface area contributed by atoms with Gasteiger partial charge in [0.25, 0.3) is 0 Å². The number of aromatic nitrogens is 2. The second-order valence-electron chi connectivity index (χ2n) is 3.77. The lowest BCUT2D eigenvalue weighted by Crippen LogP contribution is -2.00. The van der Waals surface area contributed by atoms with Crippen molar-refractivity contribution in [3.8, 4) is 10.6 Å². The number of aryl methyl sites for hydroxylation is 2. The summed E-state index contributed by atoms with van der Waals surface area (Å²) >= 11 is 5.10. The monoisotopic (exact) mass is 312 g/mol. The van der Waals surface area contributed by atoms with Gasteiger partial charge in [0.2, 0.25) is 0 Å². The highest BCUT2D eigenvalue weighted by Crippen LogP contribution is 2.28. The van der Waals surface area contributed by atoms with Crippen LogP contribution in [0, 0.1) is 6.92 Å². The van der Waals surface area contributed by atoms with Gasteiger partial charge in [0.05, 0.1) is 10.6 Å². The van der Waals surface area contributed by atoms with Crippen LogP contribution in [0.4, 0.5) is 0 Å². The maximum atomic E-state index is 8.83. The topological polar surface area (TPSA) is 46.0 Å². The minimum atomic E-state index is 0.178. The first-order chi connectivity index (χ1) is 8.19. The molecule has 0 bridgehead atoms. The summed E-state index contributed by atoms with van der Waals surface area (Å²) in [5, 5.41) is 10.9. The van der Waals surface area contributed by atoms with Gasteiger partial charge in [0.15, 0.2) is 0 Å². The fourth-order valence-corrected chi connectivity index (χ4v) is 2.94. The third kappa shape index (κ3) is 3.34. The molecule has 0 fully saturated rings. The van der Waals surface area contributed by atoms with Gasteiger partial charge in [-0.25, -0.2) is 9.97 Å². The van der Waals surface area contributed by atoms with E-state index in [4.69, 9.17) is 5.11 Å². The van der Waals surface area contributed by atoms with Gasteiger partial charge in [0.1, 0.15) is 5.82 Å². The zero-order valence-corrected chi connectivity index (χ0v) is 11.9. The van der Waals surface area contributed by atoms with E-state index in [0.29, 0.717) is 6.42 Å². The van der Waals surface area contributed by atoms with Gasteiger partial charge < -0.3 is 5.11 Å². The van der Waals surface area contributed by atoms with Crippen LogP contribution >= 0.6 is 27.3 Å². The first-order valence-electron chi connectivity index (χ1n) is 5.39. The fraction of sp³-hybridized carbons (Fsp3) is 0.333. The van der Waals surface area contributed by atoms with Crippen molar-refractivity contribution < 1.29 is 5.11 Å². The zero-order valence-electron chi connectivity index (χ0n) is 9.48. The maximum absolute atomic E-state index is 8.83. The minimum absolute atomic E-state index is 0.178. The molecule has 0 amide bonds. The summed E-state index contributed by atoms with van der Waals surface area (Å²) in [4.78, 5) is 10.0. The minimum Gasteiger partial charge on any atom is -0.396 e. The lowest BCUT2D eigenvalue weighted by atomic mass is 10.2. The summed E-state index contributed by atoms with van der Waals surface area (Å²) in [7, 11) is 0. The molecule has 0 unspecified atom stereocenters. The Morgan fingerprint density at radius 1 is 1.35 bits per heavy atom. The van der Waals surface area contributed by atoms with E-state index in [0.717, 1.165) is 33.0 Å². The Hall–Kier alpha value is -0.780. The molecule has 0 radical (unpaired) electrons. The summed E-state index contributed by atoms with van der Waals surface area (Å²) in [6.45, 7) is 2.15. The highest BCUT2D eigenvalue weighted by molar-refractivity contribution is 9.10. The van der Waals surface area contributed by atoms with Gasteiger partial charge >= 0.3 is 0 Å². The van der Waals surface area contributed by atoms with Gasteiger partial charge in [-0.15, -0.1) is 11.3 Å². The van der Waals surface area contributed by atoms with Crippen molar-refractivity contribution in [3.05, 3.63) is 33.5 Å². The number of aliphatic hydroxyl groups is 1. The molecule has 0 atom stereocenters. The highest BCUT2D eigenvalue weighted by Gasteiger charge is 2.06. The molecule has 1 N–H and O–H groups in total. The molecule has 0 saturated heterocycles. The number of aliphatic hydroxyl groups excluding tert-OH is 1. The summed E-state index contributed by atoms with van der Waals surface area (Å²) in [5.41, 5.74) is 1.92. The molecule has 0 aliphatic rings. The number of rotatable bonds is 4. The second-order valence-corrected chi connectivity index (χ2v) is 5.59. The van der Waals surface area contributed by atoms with Crippen LogP contribution in [0.2, 0.25) is 0 Å². The predicted octanol–water partition coefficient (Wildman–Crippen LogP) is 3.20. The van der Waals surface area contributed by atoms with E-state index >= 15 is 0 Å². The molecule has 2 heterocycles. The first-order valence-corrected chi connectivity index (χ1v) is 7.06. The fourth-order valence-electron chi connectivity index (χ4n) is 1.55. The van der Waals surface area contributed by atoms with E-state index in [-0.39, 0.29) is 6.61 Å². The van der Waals surface area contributed by atoms with Crippen molar-refractivity contribution in [3.63, 3.8) is 0 Å². The van der Waals surface area contributed by atoms with E-state index in [1.807, 2.05) is 18.4 Å². The molecule has 2 rings (SSSR count). The number of hydrogen-bond acceptors (Lipinski definition) is 4. The Kier molecular flexibility index (Phi) is 4.25. The van der Waals surface area contributed by atoms with Gasteiger partial charge in [-0.2, -0.15) is 0 Å². The van der Waals surface area contributed by atoms with E-state index < -0.39 is 0 Å². The first kappa shape index (κ1) is 12.7. The third-order valence-corrected chi connectivity index (χ3v) is 3.99. The van der Waals surface area contributed by atoms with Crippen LogP contribution in [0.5, 0.6) is 0 Å². The lowest BCUT2D eigenvalue weighted by Gasteiger charge is -2.03. The van der Waals surface area contributed by atoms with Gasteiger partial charge in [0, 0.05) is 28.6 Å². The molecule has 90 valence electrons. The standard InChI is InChI=1S/C12H13BrN2OS/c1-8-5-10(11-6-9(13)7-17-11)15-12(14-8)3-2-4-16/h5-7,16H,2-4H2,1H3. The zero-order chi connectivity index (χ0) is 12.3. The molecule has 0 aliphatic heterocycles. The SMILES string of the molecule is Cc1cc(-c2cc(Br)cs2)nc(CCCO)n1. The molecular formula is C12H13BrN2OS. The molecule has 0 aromatic carbocycles. The van der Waals surface area contributed by atoms with Crippen molar-refractivity contribution in [2.24, 2.45) is 0 Å². The van der Waals surface area contributed by atoms with E-state index in [2.05, 4.69) is 32.0 Å². The average molecular weight is 313 g/mol. The van der Waals surface area contributed by atoms with Crippen molar-refractivity contribution in [1.29, 1.82) is 0 Å². The lowest BCUT2D eigenvalue weighted by molar-refractivity contribution is 0.287. The van der Waals surface area contributed by atoms with E-state index in [9.17, 15) is 0 Å². The molecule has 2 aromatic heterocycles. The van der Waals surface area contributed by atoms with Gasteiger partial charge in [-0.05, 0) is 41.4 Å². The van der Waals surface area contributed by atoms with Crippen LogP contribution < -0.4 is 0 Å². The molecule has 17 heavy (non-hydrogen) atoms. The highest BCUT2D eigenvalue weighted by atomic mass is 79.9. The molecule has 0 saturated carbocycles. The van der Waals surface area contributed by atoms with Crippen LogP contribution in [0.3, 0.4) is 0 Å². The van der Waals surface area contributed by atoms with Crippen molar-refractivity contribution in [2.45, 2.75) is 19.8 Å². The quantitative estimate of drug-likeness (QED) is 0.943. The Morgan fingerprint density at radius 2 is 2.18 bits per heavy atom. The number of halogens is 1. The number of nitrogens with zero attached hydrogens (tertiary/aromatic N) is 2. The van der Waals surface area contributed by atoms with Gasteiger partial charge in [-0.1, -0.05) is 0 Å². The number of thiophene rings is 1. The number of hydrogen-bond donors (Lipinski definition) is 1. The van der Waals surface area contributed by atoms with Crippen LogP contribution in [0.1, 0.15) is 17.9 Å². The largest absolute Gasteiger partial charge is 0.396 e. The van der Waals surface area contributed by atoms with E-state index in [1.54, 1.807) is 11.3 Å². The van der Waals surface area contributed by atoms with Crippen molar-refractivity contribution >= 4 is 27.3 Å². The molecule has 0 spiro atoms. The van der Waals surface area contributed by atoms with Crippen LogP contribution in [0.15, 0.2) is 22.0 Å². The third-order valence-electron chi connectivity index (χ3n) is 2.28. The molecule has 2 aromatic rings. The summed E-state index contributed by atoms with van der Waals surface area (Å²) in [6.07, 6.45) is 1.43. The summed E-state index contributed by atoms with van der Waals surface area (Å²) in [6, 6.07) is 4.04. The smallest absolute Gasteiger partial charge is 0.129 e. The summed E-state index contributed by atoms with van der Waals surface area (Å²) < 4.78 is 1.07. The predicted molar refractivity (Wildman–Crippen MR) is 73.2 cm³/mol. The van der Waals surface area contributed by atoms with Crippen LogP contribution in [0.25, 0.3) is 10.6 Å². The normalized spacial score (nSPS) is 10.8.